The summed E-state index contributed by atoms with van der Waals surface area (Å²) in [5.41, 5.74) is 1.10. The molecule has 0 aromatic heterocycles. The predicted octanol–water partition coefficient (Wildman–Crippen LogP) is 3.27. The number of hydrogen-bond donors (Lipinski definition) is 0. The van der Waals surface area contributed by atoms with Gasteiger partial charge in [-0.15, -0.1) is 0 Å². The number of halogens is 3. The molecule has 0 saturated heterocycles. The van der Waals surface area contributed by atoms with Crippen molar-refractivity contribution in [3.05, 3.63) is 29.8 Å². The van der Waals surface area contributed by atoms with E-state index >= 15 is 0 Å². The Labute approximate surface area is 125 Å². The summed E-state index contributed by atoms with van der Waals surface area (Å²) in [5.74, 6) is 0.329. The molecular formula is C7H4I3O3S-. The molecule has 0 aliphatic heterocycles. The average molecular weight is 549 g/mol. The maximum absolute atomic E-state index is 10.2. The number of rotatable bonds is 3. The van der Waals surface area contributed by atoms with Crippen molar-refractivity contribution in [3.63, 3.8) is 0 Å². The zero-order valence-corrected chi connectivity index (χ0v) is 13.9. The van der Waals surface area contributed by atoms with Gasteiger partial charge in [0.05, 0.1) is 0 Å². The molecule has 14 heavy (non-hydrogen) atoms. The smallest absolute Gasteiger partial charge is 0.149 e. The highest BCUT2D eigenvalue weighted by molar-refractivity contribution is 14.3. The fourth-order valence-corrected chi connectivity index (χ4v) is 2.13. The lowest BCUT2D eigenvalue weighted by atomic mass is 10.2. The minimum Gasteiger partial charge on any atom is -0.740 e. The lowest BCUT2D eigenvalue weighted by molar-refractivity contribution is 0.440. The van der Waals surface area contributed by atoms with Crippen LogP contribution in [0.4, 0.5) is 0 Å². The molecule has 0 fully saturated rings. The Balaban J connectivity index is 2.84. The molecule has 0 aliphatic rings. The largest absolute Gasteiger partial charge is 0.740 e. The summed E-state index contributed by atoms with van der Waals surface area (Å²) < 4.78 is 24.9. The molecule has 1 atom stereocenters. The van der Waals surface area contributed by atoms with Crippen LogP contribution in [0.2, 0.25) is 0 Å². The summed E-state index contributed by atoms with van der Waals surface area (Å²) >= 11 is 4.37. The summed E-state index contributed by atoms with van der Waals surface area (Å²) in [6.45, 7) is 0. The fraction of sp³-hybridized carbons (Fsp3) is 0.143. The van der Waals surface area contributed by atoms with Gasteiger partial charge in [0, 0.05) is 0 Å². The highest BCUT2D eigenvalue weighted by Gasteiger charge is 2.19. The first-order chi connectivity index (χ1) is 6.39. The summed E-state index contributed by atoms with van der Waals surface area (Å²) in [4.78, 5) is 0. The molecule has 0 heterocycles. The van der Waals surface area contributed by atoms with Gasteiger partial charge in [-0.25, -0.2) is 4.21 Å². The Hall–Kier alpha value is 1.32. The lowest BCUT2D eigenvalue weighted by Gasteiger charge is -2.13. The average Bonchev–Trinajstić information content (AvgIpc) is 2.02. The van der Waals surface area contributed by atoms with Gasteiger partial charge in [-0.2, -0.15) is 0 Å². The second-order valence-electron chi connectivity index (χ2n) is 2.31. The third-order valence-corrected chi connectivity index (χ3v) is 3.54. The van der Waals surface area contributed by atoms with Gasteiger partial charge in [0.15, 0.2) is 0 Å². The molecule has 0 saturated carbocycles. The van der Waals surface area contributed by atoms with Crippen LogP contribution in [0.25, 0.3) is 0 Å². The van der Waals surface area contributed by atoms with Crippen LogP contribution in [0.3, 0.4) is 0 Å². The van der Waals surface area contributed by atoms with Crippen molar-refractivity contribution in [1.82, 2.24) is 0 Å². The minimum atomic E-state index is -2.50. The van der Waals surface area contributed by atoms with Crippen molar-refractivity contribution in [2.45, 2.75) is -0.565 Å². The van der Waals surface area contributed by atoms with Gasteiger partial charge >= 0.3 is 0 Å². The molecule has 0 radical (unpaired) electrons. The molecule has 3 nitrogen and oxygen atoms in total. The van der Waals surface area contributed by atoms with E-state index in [0.717, 1.165) is 5.56 Å². The Morgan fingerprint density at radius 1 is 1.21 bits per heavy atom. The molecule has 1 aromatic carbocycles. The quantitative estimate of drug-likeness (QED) is 0.331. The lowest BCUT2D eigenvalue weighted by Crippen LogP contribution is -2.00. The molecule has 0 spiro atoms. The molecule has 1 rings (SSSR count). The van der Waals surface area contributed by atoms with Crippen LogP contribution in [0.15, 0.2) is 24.3 Å². The Bertz CT molecular complexity index is 333. The summed E-state index contributed by atoms with van der Waals surface area (Å²) in [7, 11) is 0. The van der Waals surface area contributed by atoms with Crippen molar-refractivity contribution < 1.29 is 12.9 Å². The Kier molecular flexibility index (Phi) is 5.34. The van der Waals surface area contributed by atoms with Crippen molar-refractivity contribution in [2.75, 3.05) is 0 Å². The van der Waals surface area contributed by atoms with Crippen LogP contribution >= 0.6 is 67.8 Å². The first-order valence-corrected chi connectivity index (χ1v) is 7.58. The molecule has 0 amide bonds. The fourth-order valence-electron chi connectivity index (χ4n) is 0.778. The second-order valence-corrected chi connectivity index (χ2v) is 13.9. The number of alkyl halides is 3. The third kappa shape index (κ3) is 4.45. The Morgan fingerprint density at radius 2 is 1.71 bits per heavy atom. The van der Waals surface area contributed by atoms with Crippen LogP contribution in [0.1, 0.15) is 5.56 Å². The van der Waals surface area contributed by atoms with Gasteiger partial charge in [0.2, 0.25) is 0 Å². The van der Waals surface area contributed by atoms with E-state index in [9.17, 15) is 8.76 Å². The SMILES string of the molecule is O=S([O-])Oc1ccc(C(I)(I)I)cc1. The van der Waals surface area contributed by atoms with E-state index < -0.39 is 11.4 Å². The summed E-state index contributed by atoms with van der Waals surface area (Å²) in [5, 5.41) is 0. The molecule has 78 valence electrons. The normalized spacial score (nSPS) is 13.7. The predicted molar refractivity (Wildman–Crippen MR) is 79.7 cm³/mol. The second kappa shape index (κ2) is 5.59. The van der Waals surface area contributed by atoms with Crippen LogP contribution in [-0.2, 0) is 10.8 Å². The first kappa shape index (κ1) is 13.4. The summed E-state index contributed by atoms with van der Waals surface area (Å²) in [6, 6.07) is 6.95. The third-order valence-electron chi connectivity index (χ3n) is 1.35. The monoisotopic (exact) mass is 549 g/mol. The van der Waals surface area contributed by atoms with E-state index in [1.165, 1.54) is 0 Å². The van der Waals surface area contributed by atoms with Crippen molar-refractivity contribution in [1.29, 1.82) is 0 Å². The van der Waals surface area contributed by atoms with Gasteiger partial charge in [-0.05, 0) is 85.5 Å². The Morgan fingerprint density at radius 3 is 2.07 bits per heavy atom. The standard InChI is InChI=1S/C7H5I3O3S/c8-7(9,10)5-1-3-6(4-2-5)13-14(11)12/h1-4H,(H,11,12)/p-1. The number of hydrogen-bond acceptors (Lipinski definition) is 3. The van der Waals surface area contributed by atoms with Crippen LogP contribution in [0.5, 0.6) is 5.75 Å². The maximum Gasteiger partial charge on any atom is 0.149 e. The molecule has 0 aliphatic carbocycles. The van der Waals surface area contributed by atoms with Crippen LogP contribution in [0, 0.1) is 0 Å². The van der Waals surface area contributed by atoms with E-state index in [0.29, 0.717) is 5.75 Å². The van der Waals surface area contributed by atoms with E-state index in [2.05, 4.69) is 72.0 Å². The van der Waals surface area contributed by atoms with E-state index in [-0.39, 0.29) is -0.565 Å². The van der Waals surface area contributed by atoms with Gasteiger partial charge < -0.3 is 8.74 Å². The van der Waals surface area contributed by atoms with E-state index in [1.54, 1.807) is 12.1 Å². The molecule has 7 heteroatoms. The number of benzene rings is 1. The molecular weight excluding hydrogens is 545 g/mol. The van der Waals surface area contributed by atoms with Crippen LogP contribution < -0.4 is 4.18 Å². The molecule has 0 bridgehead atoms. The van der Waals surface area contributed by atoms with Crippen molar-refractivity contribution in [2.24, 2.45) is 0 Å². The van der Waals surface area contributed by atoms with E-state index in [1.807, 2.05) is 12.1 Å². The van der Waals surface area contributed by atoms with E-state index in [4.69, 9.17) is 0 Å². The van der Waals surface area contributed by atoms with Crippen molar-refractivity contribution >= 4 is 79.1 Å². The first-order valence-electron chi connectivity index (χ1n) is 3.34. The molecule has 1 unspecified atom stereocenters. The molecule has 1 aromatic rings. The van der Waals surface area contributed by atoms with Crippen molar-refractivity contribution in [3.8, 4) is 5.75 Å². The van der Waals surface area contributed by atoms with Gasteiger partial charge in [-0.3, -0.25) is 0 Å². The minimum absolute atomic E-state index is 0.0254. The molecule has 0 N–H and O–H groups in total. The van der Waals surface area contributed by atoms with Gasteiger partial charge in [-0.1, -0.05) is 12.1 Å². The summed E-state index contributed by atoms with van der Waals surface area (Å²) in [6.07, 6.45) is 0. The van der Waals surface area contributed by atoms with Gasteiger partial charge in [0.1, 0.15) is 16.5 Å². The van der Waals surface area contributed by atoms with Gasteiger partial charge in [0.25, 0.3) is 0 Å². The zero-order valence-electron chi connectivity index (χ0n) is 6.58. The van der Waals surface area contributed by atoms with Crippen LogP contribution in [-0.4, -0.2) is 8.76 Å². The zero-order chi connectivity index (χ0) is 10.8. The highest BCUT2D eigenvalue weighted by Crippen LogP contribution is 2.46. The topological polar surface area (TPSA) is 49.4 Å². The highest BCUT2D eigenvalue weighted by atomic mass is 127. The maximum atomic E-state index is 10.2.